The molecule has 0 aromatic rings. The third kappa shape index (κ3) is 6.21. The molecule has 15 heteroatoms. The van der Waals surface area contributed by atoms with Crippen LogP contribution in [0.25, 0.3) is 0 Å². The minimum Gasteiger partial charge on any atom is -0.459 e. The van der Waals surface area contributed by atoms with E-state index in [1.54, 1.807) is 0 Å². The van der Waals surface area contributed by atoms with Crippen molar-refractivity contribution < 1.29 is 62.3 Å². The Kier molecular flexibility index (Phi) is 9.47. The molecule has 0 rings (SSSR count). The second kappa shape index (κ2) is 9.83. The molecule has 5 nitrogen and oxygen atoms in total. The van der Waals surface area contributed by atoms with Gasteiger partial charge in [0.1, 0.15) is 0 Å². The van der Waals surface area contributed by atoms with Gasteiger partial charge in [-0.05, 0) is 12.8 Å². The molecule has 0 radical (unpaired) electrons. The lowest BCUT2D eigenvalue weighted by atomic mass is 10.0. The number of hydrogen-bond acceptors (Lipinski definition) is 5. The molecule has 0 aromatic carbocycles. The molecule has 1 unspecified atom stereocenters. The van der Waals surface area contributed by atoms with E-state index in [2.05, 4.69) is 4.74 Å². The van der Waals surface area contributed by atoms with E-state index in [1.165, 1.54) is 28.3 Å². The Labute approximate surface area is 161 Å². The summed E-state index contributed by atoms with van der Waals surface area (Å²) in [5.41, 5.74) is 0. The number of rotatable bonds is 12. The van der Waals surface area contributed by atoms with Crippen molar-refractivity contribution in [2.75, 3.05) is 27.9 Å². The first-order valence-corrected chi connectivity index (χ1v) is 9.90. The molecule has 0 aliphatic heterocycles. The van der Waals surface area contributed by atoms with Crippen molar-refractivity contribution in [1.29, 1.82) is 0 Å². The van der Waals surface area contributed by atoms with Crippen LogP contribution in [0.4, 0.5) is 39.5 Å². The average molecular weight is 468 g/mol. The molecule has 0 fully saturated rings. The van der Waals surface area contributed by atoms with E-state index in [9.17, 15) is 44.3 Å². The third-order valence-electron chi connectivity index (χ3n) is 4.06. The summed E-state index contributed by atoms with van der Waals surface area (Å²) in [5, 5.41) is 0. The molecule has 0 amide bonds. The van der Waals surface area contributed by atoms with Gasteiger partial charge in [0.05, 0.1) is 5.92 Å². The van der Waals surface area contributed by atoms with Crippen molar-refractivity contribution in [3.05, 3.63) is 0 Å². The highest BCUT2D eigenvalue weighted by atomic mass is 28.4. The van der Waals surface area contributed by atoms with Crippen LogP contribution in [0.5, 0.6) is 0 Å². The molecule has 0 aliphatic rings. The normalized spacial score (nSPS) is 15.3. The zero-order valence-electron chi connectivity index (χ0n) is 15.8. The maximum absolute atomic E-state index is 13.3. The van der Waals surface area contributed by atoms with Gasteiger partial charge < -0.3 is 18.0 Å². The number of carbonyl (C=O) groups is 1. The molecule has 1 atom stereocenters. The first-order chi connectivity index (χ1) is 12.9. The number of carbonyl (C=O) groups excluding carboxylic acids is 1. The van der Waals surface area contributed by atoms with Gasteiger partial charge in [-0.15, -0.1) is 0 Å². The van der Waals surface area contributed by atoms with Crippen LogP contribution in [0.3, 0.4) is 0 Å². The van der Waals surface area contributed by atoms with E-state index in [-0.39, 0.29) is 18.9 Å². The standard InChI is InChI=1S/C14H21F9O5Si/c1-9(6-5-7-29(25-2,26-3)27-4)10(24)28-8-11(15,16)12(17,18)13(19,20)14(21,22)23/h9H,5-8H2,1-4H3. The summed E-state index contributed by atoms with van der Waals surface area (Å²) in [6, 6.07) is 0.195. The molecule has 29 heavy (non-hydrogen) atoms. The fourth-order valence-electron chi connectivity index (χ4n) is 2.10. The molecule has 0 aromatic heterocycles. The fraction of sp³-hybridized carbons (Fsp3) is 0.929. The van der Waals surface area contributed by atoms with Crippen molar-refractivity contribution in [2.24, 2.45) is 5.92 Å². The van der Waals surface area contributed by atoms with Crippen molar-refractivity contribution in [3.8, 4) is 0 Å². The van der Waals surface area contributed by atoms with Gasteiger partial charge in [-0.2, -0.15) is 39.5 Å². The van der Waals surface area contributed by atoms with Gasteiger partial charge in [0.15, 0.2) is 6.61 Å². The third-order valence-corrected chi connectivity index (χ3v) is 6.89. The van der Waals surface area contributed by atoms with Gasteiger partial charge in [-0.1, -0.05) is 6.92 Å². The van der Waals surface area contributed by atoms with E-state index in [1.807, 2.05) is 0 Å². The molecule has 0 aliphatic carbocycles. The van der Waals surface area contributed by atoms with Crippen LogP contribution in [0, 0.1) is 5.92 Å². The Morgan fingerprint density at radius 3 is 1.69 bits per heavy atom. The Hall–Kier alpha value is -1.06. The molecule has 0 saturated heterocycles. The van der Waals surface area contributed by atoms with Gasteiger partial charge in [0.2, 0.25) is 0 Å². The second-order valence-corrected chi connectivity index (χ2v) is 9.14. The van der Waals surface area contributed by atoms with Gasteiger partial charge in [0, 0.05) is 27.4 Å². The molecule has 0 spiro atoms. The first-order valence-electron chi connectivity index (χ1n) is 7.97. The molecule has 0 bridgehead atoms. The highest BCUT2D eigenvalue weighted by Crippen LogP contribution is 2.53. The van der Waals surface area contributed by atoms with E-state index >= 15 is 0 Å². The zero-order chi connectivity index (χ0) is 23.3. The van der Waals surface area contributed by atoms with Crippen LogP contribution in [-0.4, -0.2) is 66.7 Å². The summed E-state index contributed by atoms with van der Waals surface area (Å²) in [6.45, 7) is -1.49. The average Bonchev–Trinajstić information content (AvgIpc) is 2.62. The highest BCUT2D eigenvalue weighted by molar-refractivity contribution is 6.60. The predicted octanol–water partition coefficient (Wildman–Crippen LogP) is 4.29. The number of hydrogen-bond donors (Lipinski definition) is 0. The van der Waals surface area contributed by atoms with Crippen LogP contribution in [0.2, 0.25) is 6.04 Å². The lowest BCUT2D eigenvalue weighted by molar-refractivity contribution is -0.398. The van der Waals surface area contributed by atoms with Gasteiger partial charge in [0.25, 0.3) is 0 Å². The van der Waals surface area contributed by atoms with Crippen molar-refractivity contribution in [1.82, 2.24) is 0 Å². The molecular formula is C14H21F9O5Si. The second-order valence-electron chi connectivity index (χ2n) is 6.05. The Morgan fingerprint density at radius 1 is 0.862 bits per heavy atom. The Morgan fingerprint density at radius 2 is 1.31 bits per heavy atom. The van der Waals surface area contributed by atoms with Crippen LogP contribution in [0.15, 0.2) is 0 Å². The predicted molar refractivity (Wildman–Crippen MR) is 81.8 cm³/mol. The molecule has 0 N–H and O–H groups in total. The van der Waals surface area contributed by atoms with Crippen LogP contribution >= 0.6 is 0 Å². The fourth-order valence-corrected chi connectivity index (χ4v) is 3.85. The van der Waals surface area contributed by atoms with Gasteiger partial charge >= 0.3 is 38.7 Å². The highest BCUT2D eigenvalue weighted by Gasteiger charge is 2.82. The minimum absolute atomic E-state index is 0.0374. The summed E-state index contributed by atoms with van der Waals surface area (Å²) >= 11 is 0. The summed E-state index contributed by atoms with van der Waals surface area (Å²) in [6.07, 6.45) is -6.78. The Bertz CT molecular complexity index is 530. The summed E-state index contributed by atoms with van der Waals surface area (Å²) in [5.74, 6) is -22.5. The van der Waals surface area contributed by atoms with E-state index in [4.69, 9.17) is 13.3 Å². The van der Waals surface area contributed by atoms with Crippen LogP contribution in [0.1, 0.15) is 19.8 Å². The number of ether oxygens (including phenoxy) is 1. The summed E-state index contributed by atoms with van der Waals surface area (Å²) in [4.78, 5) is 11.6. The molecule has 0 heterocycles. The lowest BCUT2D eigenvalue weighted by Crippen LogP contribution is -2.62. The van der Waals surface area contributed by atoms with E-state index in [0.29, 0.717) is 0 Å². The SMILES string of the molecule is CO[Si](CCCC(C)C(=O)OCC(F)(F)C(F)(F)C(F)(F)C(F)(F)F)(OC)OC. The monoisotopic (exact) mass is 468 g/mol. The molecule has 0 saturated carbocycles. The Balaban J connectivity index is 4.90. The topological polar surface area (TPSA) is 54.0 Å². The maximum atomic E-state index is 13.3. The van der Waals surface area contributed by atoms with Gasteiger partial charge in [-0.25, -0.2) is 0 Å². The largest absolute Gasteiger partial charge is 0.500 e. The number of alkyl halides is 9. The van der Waals surface area contributed by atoms with E-state index < -0.39 is 51.2 Å². The van der Waals surface area contributed by atoms with Crippen molar-refractivity contribution >= 4 is 14.8 Å². The first kappa shape index (κ1) is 27.9. The molecule has 174 valence electrons. The summed E-state index contributed by atoms with van der Waals surface area (Å²) < 4.78 is 134. The summed E-state index contributed by atoms with van der Waals surface area (Å²) in [7, 11) is 0.954. The van der Waals surface area contributed by atoms with E-state index in [0.717, 1.165) is 0 Å². The zero-order valence-corrected chi connectivity index (χ0v) is 16.8. The number of halogens is 9. The van der Waals surface area contributed by atoms with Crippen molar-refractivity contribution in [2.45, 2.75) is 49.8 Å². The smallest absolute Gasteiger partial charge is 0.459 e. The van der Waals surface area contributed by atoms with Crippen LogP contribution in [-0.2, 0) is 22.8 Å². The van der Waals surface area contributed by atoms with Crippen molar-refractivity contribution in [3.63, 3.8) is 0 Å². The maximum Gasteiger partial charge on any atom is 0.500 e. The molecular weight excluding hydrogens is 447 g/mol. The van der Waals surface area contributed by atoms with Crippen LogP contribution < -0.4 is 0 Å². The number of esters is 1. The quantitative estimate of drug-likeness (QED) is 0.243. The lowest BCUT2D eigenvalue weighted by Gasteiger charge is -2.33. The minimum atomic E-state index is -7.03. The van der Waals surface area contributed by atoms with Gasteiger partial charge in [-0.3, -0.25) is 4.79 Å².